The molecule has 1 aliphatic rings. The molecule has 0 unspecified atom stereocenters. The van der Waals surface area contributed by atoms with Gasteiger partial charge in [-0.05, 0) is 31.4 Å². The van der Waals surface area contributed by atoms with Crippen LogP contribution >= 0.6 is 0 Å². The van der Waals surface area contributed by atoms with E-state index in [2.05, 4.69) is 15.4 Å². The number of amides is 1. The van der Waals surface area contributed by atoms with Crippen molar-refractivity contribution in [3.63, 3.8) is 0 Å². The third-order valence-corrected chi connectivity index (χ3v) is 3.83. The first-order valence-electron chi connectivity index (χ1n) is 7.67. The Kier molecular flexibility index (Phi) is 4.48. The maximum absolute atomic E-state index is 12.4. The summed E-state index contributed by atoms with van der Waals surface area (Å²) >= 11 is 0. The molecule has 22 heavy (non-hydrogen) atoms. The second kappa shape index (κ2) is 6.70. The Morgan fingerprint density at radius 2 is 2.41 bits per heavy atom. The van der Waals surface area contributed by atoms with Gasteiger partial charge in [0.2, 0.25) is 0 Å². The quantitative estimate of drug-likeness (QED) is 0.913. The van der Waals surface area contributed by atoms with Crippen LogP contribution in [0.3, 0.4) is 0 Å². The fourth-order valence-corrected chi connectivity index (χ4v) is 2.69. The van der Waals surface area contributed by atoms with Gasteiger partial charge in [-0.3, -0.25) is 4.79 Å². The molecule has 3 rings (SSSR count). The SMILES string of the molecule is CCc1c(C(=O)NC[C@@H]2CCCO2)cnn1-c1ccccn1. The van der Waals surface area contributed by atoms with Crippen LogP contribution in [0.25, 0.3) is 5.82 Å². The number of rotatable bonds is 5. The smallest absolute Gasteiger partial charge is 0.254 e. The average molecular weight is 300 g/mol. The van der Waals surface area contributed by atoms with E-state index in [0.29, 0.717) is 18.5 Å². The van der Waals surface area contributed by atoms with Gasteiger partial charge in [-0.25, -0.2) is 9.67 Å². The van der Waals surface area contributed by atoms with Crippen molar-refractivity contribution in [3.05, 3.63) is 41.9 Å². The molecule has 2 aromatic rings. The fourth-order valence-electron chi connectivity index (χ4n) is 2.69. The summed E-state index contributed by atoms with van der Waals surface area (Å²) in [5.41, 5.74) is 1.47. The van der Waals surface area contributed by atoms with Crippen LogP contribution in [0, 0.1) is 0 Å². The van der Waals surface area contributed by atoms with Crippen molar-refractivity contribution in [2.45, 2.75) is 32.3 Å². The number of ether oxygens (including phenoxy) is 1. The van der Waals surface area contributed by atoms with Crippen molar-refractivity contribution in [1.82, 2.24) is 20.1 Å². The minimum atomic E-state index is -0.102. The van der Waals surface area contributed by atoms with Gasteiger partial charge in [0.05, 0.1) is 23.6 Å². The topological polar surface area (TPSA) is 69.0 Å². The molecule has 0 saturated carbocycles. The number of hydrogen-bond acceptors (Lipinski definition) is 4. The van der Waals surface area contributed by atoms with Crippen LogP contribution in [0.1, 0.15) is 35.8 Å². The van der Waals surface area contributed by atoms with Gasteiger partial charge < -0.3 is 10.1 Å². The van der Waals surface area contributed by atoms with Gasteiger partial charge in [0.25, 0.3) is 5.91 Å². The first-order chi connectivity index (χ1) is 10.8. The number of pyridine rings is 1. The molecule has 6 nitrogen and oxygen atoms in total. The second-order valence-corrected chi connectivity index (χ2v) is 5.30. The summed E-state index contributed by atoms with van der Waals surface area (Å²) in [5.74, 6) is 0.618. The van der Waals surface area contributed by atoms with Crippen LogP contribution in [-0.4, -0.2) is 39.9 Å². The lowest BCUT2D eigenvalue weighted by Crippen LogP contribution is -2.32. The highest BCUT2D eigenvalue weighted by atomic mass is 16.5. The lowest BCUT2D eigenvalue weighted by molar-refractivity contribution is 0.0857. The monoisotopic (exact) mass is 300 g/mol. The minimum absolute atomic E-state index is 0.102. The molecule has 1 amide bonds. The first kappa shape index (κ1) is 14.7. The van der Waals surface area contributed by atoms with E-state index in [1.807, 2.05) is 25.1 Å². The van der Waals surface area contributed by atoms with Crippen molar-refractivity contribution in [3.8, 4) is 5.82 Å². The molecule has 0 radical (unpaired) electrons. The van der Waals surface area contributed by atoms with Gasteiger partial charge in [-0.1, -0.05) is 13.0 Å². The standard InChI is InChI=1S/C16H20N4O2/c1-2-14-13(16(21)18-10-12-6-5-9-22-12)11-19-20(14)15-7-3-4-8-17-15/h3-4,7-8,11-12H,2,5-6,9-10H2,1H3,(H,18,21)/t12-/m0/s1. The third-order valence-electron chi connectivity index (χ3n) is 3.83. The molecule has 6 heteroatoms. The molecule has 1 atom stereocenters. The molecule has 3 heterocycles. The van der Waals surface area contributed by atoms with E-state index in [-0.39, 0.29) is 12.0 Å². The molecule has 2 aromatic heterocycles. The highest BCUT2D eigenvalue weighted by Crippen LogP contribution is 2.15. The lowest BCUT2D eigenvalue weighted by atomic mass is 10.2. The van der Waals surface area contributed by atoms with Crippen molar-refractivity contribution in [2.24, 2.45) is 0 Å². The second-order valence-electron chi connectivity index (χ2n) is 5.30. The largest absolute Gasteiger partial charge is 0.376 e. The Morgan fingerprint density at radius 3 is 3.09 bits per heavy atom. The summed E-state index contributed by atoms with van der Waals surface area (Å²) < 4.78 is 7.25. The van der Waals surface area contributed by atoms with Crippen molar-refractivity contribution in [2.75, 3.05) is 13.2 Å². The van der Waals surface area contributed by atoms with E-state index in [9.17, 15) is 4.79 Å². The van der Waals surface area contributed by atoms with Gasteiger partial charge in [0, 0.05) is 19.3 Å². The predicted octanol–water partition coefficient (Wildman–Crippen LogP) is 1.74. The highest BCUT2D eigenvalue weighted by molar-refractivity contribution is 5.95. The minimum Gasteiger partial charge on any atom is -0.376 e. The summed E-state index contributed by atoms with van der Waals surface area (Å²) in [7, 11) is 0. The van der Waals surface area contributed by atoms with Crippen LogP contribution in [-0.2, 0) is 11.2 Å². The Hall–Kier alpha value is -2.21. The van der Waals surface area contributed by atoms with Gasteiger partial charge >= 0.3 is 0 Å². The predicted molar refractivity (Wildman–Crippen MR) is 82.0 cm³/mol. The molecular formula is C16H20N4O2. The Morgan fingerprint density at radius 1 is 1.50 bits per heavy atom. The van der Waals surface area contributed by atoms with Gasteiger partial charge in [0.1, 0.15) is 0 Å². The number of carbonyl (C=O) groups is 1. The summed E-state index contributed by atoms with van der Waals surface area (Å²) in [5, 5.41) is 7.26. The molecule has 1 N–H and O–H groups in total. The number of nitrogens with zero attached hydrogens (tertiary/aromatic N) is 3. The van der Waals surface area contributed by atoms with Crippen molar-refractivity contribution in [1.29, 1.82) is 0 Å². The van der Waals surface area contributed by atoms with E-state index < -0.39 is 0 Å². The number of nitrogens with one attached hydrogen (secondary N) is 1. The van der Waals surface area contributed by atoms with E-state index in [1.54, 1.807) is 17.1 Å². The van der Waals surface area contributed by atoms with Crippen LogP contribution in [0.4, 0.5) is 0 Å². The van der Waals surface area contributed by atoms with Crippen molar-refractivity contribution < 1.29 is 9.53 Å². The lowest BCUT2D eigenvalue weighted by Gasteiger charge is -2.11. The van der Waals surface area contributed by atoms with E-state index in [1.165, 1.54) is 0 Å². The number of aromatic nitrogens is 3. The van der Waals surface area contributed by atoms with Crippen molar-refractivity contribution >= 4 is 5.91 Å². The zero-order valence-electron chi connectivity index (χ0n) is 12.7. The highest BCUT2D eigenvalue weighted by Gasteiger charge is 2.20. The number of hydrogen-bond donors (Lipinski definition) is 1. The molecule has 0 aliphatic carbocycles. The molecule has 116 valence electrons. The van der Waals surface area contributed by atoms with Gasteiger partial charge in [0.15, 0.2) is 5.82 Å². The Balaban J connectivity index is 1.76. The van der Waals surface area contributed by atoms with E-state index in [0.717, 1.165) is 31.0 Å². The zero-order chi connectivity index (χ0) is 15.4. The summed E-state index contributed by atoms with van der Waals surface area (Å²) in [6.07, 6.45) is 6.25. The molecule has 1 aliphatic heterocycles. The Labute approximate surface area is 129 Å². The van der Waals surface area contributed by atoms with E-state index >= 15 is 0 Å². The maximum atomic E-state index is 12.4. The fraction of sp³-hybridized carbons (Fsp3) is 0.438. The third kappa shape index (κ3) is 3.01. The molecule has 0 spiro atoms. The van der Waals surface area contributed by atoms with E-state index in [4.69, 9.17) is 4.74 Å². The molecule has 1 saturated heterocycles. The summed E-state index contributed by atoms with van der Waals surface area (Å²) in [6.45, 7) is 3.35. The first-order valence-corrected chi connectivity index (χ1v) is 7.67. The Bertz CT molecular complexity index is 633. The molecule has 0 aromatic carbocycles. The van der Waals surface area contributed by atoms with Gasteiger partial charge in [-0.2, -0.15) is 5.10 Å². The maximum Gasteiger partial charge on any atom is 0.254 e. The normalized spacial score (nSPS) is 17.6. The number of carbonyl (C=O) groups excluding carboxylic acids is 1. The summed E-state index contributed by atoms with van der Waals surface area (Å²) in [4.78, 5) is 16.7. The molecule has 1 fully saturated rings. The van der Waals surface area contributed by atoms with Crippen LogP contribution < -0.4 is 5.32 Å². The van der Waals surface area contributed by atoms with Crippen LogP contribution in [0.15, 0.2) is 30.6 Å². The summed E-state index contributed by atoms with van der Waals surface area (Å²) in [6, 6.07) is 5.63. The average Bonchev–Trinajstić information content (AvgIpc) is 3.22. The van der Waals surface area contributed by atoms with Crippen LogP contribution in [0.5, 0.6) is 0 Å². The molecule has 0 bridgehead atoms. The molecular weight excluding hydrogens is 280 g/mol. The zero-order valence-corrected chi connectivity index (χ0v) is 12.7. The van der Waals surface area contributed by atoms with Gasteiger partial charge in [-0.15, -0.1) is 0 Å². The van der Waals surface area contributed by atoms with Crippen LogP contribution in [0.2, 0.25) is 0 Å².